The van der Waals surface area contributed by atoms with E-state index in [1.807, 2.05) is 0 Å². The largest absolute Gasteiger partial charge is 0.480 e. The van der Waals surface area contributed by atoms with Crippen LogP contribution in [0.3, 0.4) is 0 Å². The van der Waals surface area contributed by atoms with Crippen LogP contribution in [-0.4, -0.2) is 34.6 Å². The van der Waals surface area contributed by atoms with E-state index in [0.29, 0.717) is 25.7 Å². The molecule has 1 aromatic rings. The molecule has 6 heteroatoms. The number of nitrogens with one attached hydrogen (secondary N) is 3. The highest BCUT2D eigenvalue weighted by atomic mass is 16.4. The number of H-pyrrole nitrogens is 1. The molecule has 1 fully saturated rings. The summed E-state index contributed by atoms with van der Waals surface area (Å²) in [6.07, 6.45) is 5.59. The predicted octanol–water partition coefficient (Wildman–Crippen LogP) is 1.19. The van der Waals surface area contributed by atoms with E-state index in [2.05, 4.69) is 15.6 Å². The Bertz CT molecular complexity index is 448. The van der Waals surface area contributed by atoms with E-state index in [1.54, 1.807) is 25.5 Å². The first-order valence-electron chi connectivity index (χ1n) is 6.43. The molecule has 2 rings (SSSR count). The van der Waals surface area contributed by atoms with E-state index in [1.165, 1.54) is 0 Å². The Morgan fingerprint density at radius 3 is 2.58 bits per heavy atom. The quantitative estimate of drug-likeness (QED) is 0.657. The van der Waals surface area contributed by atoms with Gasteiger partial charge in [-0.1, -0.05) is 0 Å². The molecule has 0 aliphatic heterocycles. The van der Waals surface area contributed by atoms with Gasteiger partial charge in [0.05, 0.1) is 5.69 Å². The van der Waals surface area contributed by atoms with Crippen LogP contribution >= 0.6 is 0 Å². The molecule has 0 radical (unpaired) electrons. The van der Waals surface area contributed by atoms with Crippen molar-refractivity contribution in [2.24, 2.45) is 5.92 Å². The minimum absolute atomic E-state index is 0.0327. The molecule has 0 saturated heterocycles. The van der Waals surface area contributed by atoms with Gasteiger partial charge in [0.1, 0.15) is 5.54 Å². The van der Waals surface area contributed by atoms with Crippen LogP contribution < -0.4 is 10.6 Å². The van der Waals surface area contributed by atoms with E-state index in [-0.39, 0.29) is 11.8 Å². The average Bonchev–Trinajstić information content (AvgIpc) is 2.91. The van der Waals surface area contributed by atoms with Gasteiger partial charge in [-0.05, 0) is 38.8 Å². The number of carboxylic acids is 1. The van der Waals surface area contributed by atoms with Gasteiger partial charge in [0.15, 0.2) is 0 Å². The van der Waals surface area contributed by atoms with Crippen LogP contribution in [-0.2, 0) is 9.59 Å². The van der Waals surface area contributed by atoms with Crippen molar-refractivity contribution in [3.63, 3.8) is 0 Å². The second-order valence-corrected chi connectivity index (χ2v) is 5.00. The number of carbonyl (C=O) groups is 2. The molecule has 0 spiro atoms. The molecule has 1 aliphatic rings. The van der Waals surface area contributed by atoms with Crippen molar-refractivity contribution in [3.8, 4) is 0 Å². The van der Waals surface area contributed by atoms with Crippen molar-refractivity contribution in [3.05, 3.63) is 18.5 Å². The van der Waals surface area contributed by atoms with Gasteiger partial charge in [0, 0.05) is 18.3 Å². The number of amides is 1. The van der Waals surface area contributed by atoms with E-state index in [9.17, 15) is 14.7 Å². The van der Waals surface area contributed by atoms with Gasteiger partial charge in [-0.3, -0.25) is 9.59 Å². The molecule has 6 nitrogen and oxygen atoms in total. The maximum atomic E-state index is 12.0. The third-order valence-corrected chi connectivity index (χ3v) is 3.96. The number of carbonyl (C=O) groups excluding carboxylic acids is 1. The lowest BCUT2D eigenvalue weighted by atomic mass is 9.76. The topological polar surface area (TPSA) is 94.2 Å². The normalized spacial score (nSPS) is 26.9. The zero-order valence-corrected chi connectivity index (χ0v) is 10.9. The monoisotopic (exact) mass is 265 g/mol. The third-order valence-electron chi connectivity index (χ3n) is 3.96. The molecule has 104 valence electrons. The van der Waals surface area contributed by atoms with Gasteiger partial charge in [-0.2, -0.15) is 0 Å². The molecule has 1 aromatic heterocycles. The number of carboxylic acid groups (broad SMARTS) is 1. The van der Waals surface area contributed by atoms with Crippen molar-refractivity contribution < 1.29 is 14.7 Å². The molecule has 0 atom stereocenters. The summed E-state index contributed by atoms with van der Waals surface area (Å²) in [6.45, 7) is 0. The Balaban J connectivity index is 1.92. The van der Waals surface area contributed by atoms with Crippen molar-refractivity contribution in [2.45, 2.75) is 31.2 Å². The molecule has 1 aliphatic carbocycles. The minimum Gasteiger partial charge on any atom is -0.480 e. The van der Waals surface area contributed by atoms with Gasteiger partial charge < -0.3 is 20.7 Å². The lowest BCUT2D eigenvalue weighted by Gasteiger charge is -2.35. The molecule has 1 saturated carbocycles. The summed E-state index contributed by atoms with van der Waals surface area (Å²) < 4.78 is 0. The molecule has 1 heterocycles. The van der Waals surface area contributed by atoms with Crippen LogP contribution in [0.25, 0.3) is 0 Å². The van der Waals surface area contributed by atoms with Gasteiger partial charge in [-0.15, -0.1) is 0 Å². The molecule has 0 aromatic carbocycles. The first-order chi connectivity index (χ1) is 9.07. The number of hydrogen-bond acceptors (Lipinski definition) is 3. The Labute approximate surface area is 111 Å². The smallest absolute Gasteiger partial charge is 0.323 e. The fraction of sp³-hybridized carbons (Fsp3) is 0.538. The van der Waals surface area contributed by atoms with Crippen molar-refractivity contribution in [1.82, 2.24) is 10.3 Å². The van der Waals surface area contributed by atoms with E-state index >= 15 is 0 Å². The Kier molecular flexibility index (Phi) is 3.90. The van der Waals surface area contributed by atoms with Crippen LogP contribution in [0, 0.1) is 5.92 Å². The van der Waals surface area contributed by atoms with Crippen LogP contribution in [0.15, 0.2) is 18.5 Å². The summed E-state index contributed by atoms with van der Waals surface area (Å²) in [4.78, 5) is 26.2. The molecule has 1 amide bonds. The Morgan fingerprint density at radius 1 is 1.42 bits per heavy atom. The first-order valence-corrected chi connectivity index (χ1v) is 6.43. The summed E-state index contributed by atoms with van der Waals surface area (Å²) >= 11 is 0. The number of rotatable bonds is 4. The third kappa shape index (κ3) is 2.78. The summed E-state index contributed by atoms with van der Waals surface area (Å²) in [5.41, 5.74) is -0.126. The van der Waals surface area contributed by atoms with E-state index in [0.717, 1.165) is 5.69 Å². The van der Waals surface area contributed by atoms with Crippen LogP contribution in [0.2, 0.25) is 0 Å². The highest BCUT2D eigenvalue weighted by Crippen LogP contribution is 2.32. The molecule has 4 N–H and O–H groups in total. The molecule has 0 unspecified atom stereocenters. The number of aromatic nitrogens is 1. The van der Waals surface area contributed by atoms with Gasteiger partial charge in [0.2, 0.25) is 5.91 Å². The Morgan fingerprint density at radius 2 is 2.11 bits per heavy atom. The molecule has 0 bridgehead atoms. The van der Waals surface area contributed by atoms with Crippen molar-refractivity contribution in [2.75, 3.05) is 12.4 Å². The van der Waals surface area contributed by atoms with E-state index in [4.69, 9.17) is 0 Å². The molecular formula is C13H19N3O3. The Hall–Kier alpha value is -1.82. The standard InChI is InChI=1S/C13H19N3O3/c1-14-13(12(18)19)5-2-9(3-6-13)11(17)16-10-4-7-15-8-10/h4,7-9,14-15H,2-3,5-6H2,1H3,(H,16,17)(H,18,19). The van der Waals surface area contributed by atoms with E-state index < -0.39 is 11.5 Å². The van der Waals surface area contributed by atoms with Crippen LogP contribution in [0.5, 0.6) is 0 Å². The van der Waals surface area contributed by atoms with Crippen molar-refractivity contribution in [1.29, 1.82) is 0 Å². The summed E-state index contributed by atoms with van der Waals surface area (Å²) in [5.74, 6) is -0.982. The number of hydrogen-bond donors (Lipinski definition) is 4. The number of aromatic amines is 1. The molecular weight excluding hydrogens is 246 g/mol. The first kappa shape index (κ1) is 13.6. The minimum atomic E-state index is -0.870. The zero-order chi connectivity index (χ0) is 13.9. The second kappa shape index (κ2) is 5.44. The fourth-order valence-electron chi connectivity index (χ4n) is 2.59. The van der Waals surface area contributed by atoms with Gasteiger partial charge in [-0.25, -0.2) is 0 Å². The highest BCUT2D eigenvalue weighted by molar-refractivity contribution is 5.92. The van der Waals surface area contributed by atoms with Crippen LogP contribution in [0.4, 0.5) is 5.69 Å². The predicted molar refractivity (Wildman–Crippen MR) is 70.8 cm³/mol. The van der Waals surface area contributed by atoms with Gasteiger partial charge in [0.25, 0.3) is 0 Å². The maximum absolute atomic E-state index is 12.0. The highest BCUT2D eigenvalue weighted by Gasteiger charge is 2.42. The number of anilines is 1. The number of likely N-dealkylation sites (N-methyl/N-ethyl adjacent to an activating group) is 1. The molecule has 19 heavy (non-hydrogen) atoms. The average molecular weight is 265 g/mol. The summed E-state index contributed by atoms with van der Waals surface area (Å²) in [6, 6.07) is 1.79. The lowest BCUT2D eigenvalue weighted by Crippen LogP contribution is -2.53. The SMILES string of the molecule is CNC1(C(=O)O)CCC(C(=O)Nc2cc[nH]c2)CC1. The lowest BCUT2D eigenvalue weighted by molar-refractivity contribution is -0.147. The second-order valence-electron chi connectivity index (χ2n) is 5.00. The summed E-state index contributed by atoms with van der Waals surface area (Å²) in [5, 5.41) is 15.0. The van der Waals surface area contributed by atoms with Crippen LogP contribution in [0.1, 0.15) is 25.7 Å². The maximum Gasteiger partial charge on any atom is 0.323 e. The van der Waals surface area contributed by atoms with Gasteiger partial charge >= 0.3 is 5.97 Å². The zero-order valence-electron chi connectivity index (χ0n) is 10.9. The van der Waals surface area contributed by atoms with Crippen molar-refractivity contribution >= 4 is 17.6 Å². The summed E-state index contributed by atoms with van der Waals surface area (Å²) in [7, 11) is 1.66. The number of aliphatic carboxylic acids is 1. The fourth-order valence-corrected chi connectivity index (χ4v) is 2.59.